The summed E-state index contributed by atoms with van der Waals surface area (Å²) in [4.78, 5) is 39.3. The van der Waals surface area contributed by atoms with Crippen LogP contribution in [0.3, 0.4) is 0 Å². The molecule has 0 fully saturated rings. The van der Waals surface area contributed by atoms with Gasteiger partial charge in [-0.2, -0.15) is 0 Å². The minimum atomic E-state index is -0.758. The molecule has 0 aliphatic carbocycles. The lowest BCUT2D eigenvalue weighted by Gasteiger charge is -2.14. The maximum absolute atomic E-state index is 12.8. The molecule has 0 radical (unpaired) electrons. The highest BCUT2D eigenvalue weighted by atomic mass is 16.5. The molecule has 0 aliphatic heterocycles. The molecule has 0 unspecified atom stereocenters. The Hall–Kier alpha value is -4.40. The van der Waals surface area contributed by atoms with Crippen LogP contribution < -0.4 is 16.0 Å². The van der Waals surface area contributed by atoms with Crippen molar-refractivity contribution in [1.29, 1.82) is 0 Å². The van der Waals surface area contributed by atoms with Gasteiger partial charge in [0.15, 0.2) is 0 Å². The number of aromatic nitrogens is 4. The highest BCUT2D eigenvalue weighted by Crippen LogP contribution is 2.22. The van der Waals surface area contributed by atoms with E-state index in [0.29, 0.717) is 30.0 Å². The third kappa shape index (κ3) is 4.22. The molecule has 0 bridgehead atoms. The third-order valence-electron chi connectivity index (χ3n) is 4.91. The molecule has 4 rings (SSSR count). The number of imidazole rings is 1. The number of H-pyrrole nitrogens is 2. The number of ether oxygens (including phenoxy) is 1. The van der Waals surface area contributed by atoms with E-state index in [0.717, 1.165) is 10.3 Å². The van der Waals surface area contributed by atoms with Crippen molar-refractivity contribution in [1.82, 2.24) is 19.5 Å². The molecule has 0 aliphatic rings. The van der Waals surface area contributed by atoms with E-state index < -0.39 is 17.1 Å². The van der Waals surface area contributed by atoms with Gasteiger partial charge in [-0.3, -0.25) is 14.8 Å². The molecule has 0 saturated carbocycles. The number of aliphatic imine (C=N–C) groups is 1. The molecule has 2 aromatic carbocycles. The van der Waals surface area contributed by atoms with Crippen LogP contribution in [0, 0.1) is 0 Å². The Bertz CT molecular complexity index is 1340. The van der Waals surface area contributed by atoms with Gasteiger partial charge >= 0.3 is 5.69 Å². The smallest absolute Gasteiger partial charge is 0.335 e. The molecule has 2 heterocycles. The Morgan fingerprint density at radius 1 is 1.12 bits per heavy atom. The van der Waals surface area contributed by atoms with Crippen molar-refractivity contribution in [2.24, 2.45) is 4.99 Å². The standard InChI is InChI=1S/C23H21N5O4/c1-32-18-9-7-17(8-10-18)28-22(30)19(21(29)27-23(28)31)20(15-5-3-2-4-6-15)25-12-11-16-13-24-14-26-16/h2-10,13-14,30H,11-12H2,1H3,(H,24,26)(H,27,29,31). The maximum atomic E-state index is 12.8. The first-order chi connectivity index (χ1) is 15.6. The van der Waals surface area contributed by atoms with Gasteiger partial charge in [-0.05, 0) is 24.3 Å². The van der Waals surface area contributed by atoms with Crippen molar-refractivity contribution >= 4 is 5.71 Å². The van der Waals surface area contributed by atoms with Crippen LogP contribution in [0.2, 0.25) is 0 Å². The molecule has 0 saturated heterocycles. The summed E-state index contributed by atoms with van der Waals surface area (Å²) in [7, 11) is 1.53. The largest absolute Gasteiger partial charge is 0.497 e. The molecule has 162 valence electrons. The summed E-state index contributed by atoms with van der Waals surface area (Å²) >= 11 is 0. The van der Waals surface area contributed by atoms with Crippen molar-refractivity contribution in [2.75, 3.05) is 13.7 Å². The Kier molecular flexibility index (Phi) is 5.98. The number of methoxy groups -OCH3 is 1. The van der Waals surface area contributed by atoms with Crippen LogP contribution in [0.5, 0.6) is 11.6 Å². The highest BCUT2D eigenvalue weighted by molar-refractivity contribution is 6.14. The van der Waals surface area contributed by atoms with Crippen LogP contribution in [-0.4, -0.2) is 44.0 Å². The average Bonchev–Trinajstić information content (AvgIpc) is 3.32. The maximum Gasteiger partial charge on any atom is 0.335 e. The minimum Gasteiger partial charge on any atom is -0.497 e. The van der Waals surface area contributed by atoms with Crippen molar-refractivity contribution < 1.29 is 9.84 Å². The van der Waals surface area contributed by atoms with Gasteiger partial charge in [0, 0.05) is 30.4 Å². The molecule has 3 N–H and O–H groups in total. The molecule has 2 aromatic heterocycles. The lowest BCUT2D eigenvalue weighted by molar-refractivity contribution is 0.414. The molecular formula is C23H21N5O4. The van der Waals surface area contributed by atoms with Crippen LogP contribution >= 0.6 is 0 Å². The predicted molar refractivity (Wildman–Crippen MR) is 120 cm³/mol. The molecule has 0 spiro atoms. The van der Waals surface area contributed by atoms with E-state index in [1.807, 2.05) is 18.2 Å². The van der Waals surface area contributed by atoms with Gasteiger partial charge in [0.2, 0.25) is 5.88 Å². The number of aromatic amines is 2. The first kappa shape index (κ1) is 20.9. The number of hydrogen-bond donors (Lipinski definition) is 3. The van der Waals surface area contributed by atoms with Crippen LogP contribution in [0.25, 0.3) is 5.69 Å². The van der Waals surface area contributed by atoms with Gasteiger partial charge in [-0.25, -0.2) is 14.3 Å². The SMILES string of the molecule is COc1ccc(-n2c(O)c(C(=NCCc3cnc[nH]3)c3ccccc3)c(=O)[nH]c2=O)cc1. The monoisotopic (exact) mass is 431 g/mol. The van der Waals surface area contributed by atoms with Gasteiger partial charge < -0.3 is 14.8 Å². The Labute approximate surface area is 182 Å². The summed E-state index contributed by atoms with van der Waals surface area (Å²) in [6.45, 7) is 0.340. The number of hydrogen-bond acceptors (Lipinski definition) is 6. The second kappa shape index (κ2) is 9.17. The second-order valence-electron chi connectivity index (χ2n) is 6.91. The summed E-state index contributed by atoms with van der Waals surface area (Å²) in [5.74, 6) is 0.101. The van der Waals surface area contributed by atoms with Crippen molar-refractivity contribution in [3.05, 3.63) is 105 Å². The van der Waals surface area contributed by atoms with Crippen molar-refractivity contribution in [2.45, 2.75) is 6.42 Å². The van der Waals surface area contributed by atoms with E-state index in [-0.39, 0.29) is 11.3 Å². The van der Waals surface area contributed by atoms with Crippen molar-refractivity contribution in [3.63, 3.8) is 0 Å². The van der Waals surface area contributed by atoms with E-state index in [1.165, 1.54) is 7.11 Å². The molecule has 9 nitrogen and oxygen atoms in total. The fraction of sp³-hybridized carbons (Fsp3) is 0.130. The van der Waals surface area contributed by atoms with Gasteiger partial charge in [-0.1, -0.05) is 30.3 Å². The van der Waals surface area contributed by atoms with E-state index in [1.54, 1.807) is 48.9 Å². The zero-order valence-corrected chi connectivity index (χ0v) is 17.3. The van der Waals surface area contributed by atoms with Crippen LogP contribution in [0.1, 0.15) is 16.8 Å². The summed E-state index contributed by atoms with van der Waals surface area (Å²) in [6, 6.07) is 15.6. The van der Waals surface area contributed by atoms with Crippen molar-refractivity contribution in [3.8, 4) is 17.3 Å². The van der Waals surface area contributed by atoms with Gasteiger partial charge in [0.05, 0.1) is 24.8 Å². The number of nitrogens with one attached hydrogen (secondary N) is 2. The fourth-order valence-corrected chi connectivity index (χ4v) is 3.33. The number of nitrogens with zero attached hydrogens (tertiary/aromatic N) is 3. The van der Waals surface area contributed by atoms with E-state index in [9.17, 15) is 14.7 Å². The zero-order valence-electron chi connectivity index (χ0n) is 17.3. The van der Waals surface area contributed by atoms with E-state index >= 15 is 0 Å². The molecule has 9 heteroatoms. The molecule has 0 amide bonds. The minimum absolute atomic E-state index is 0.0868. The quantitative estimate of drug-likeness (QED) is 0.386. The van der Waals surface area contributed by atoms with Crippen LogP contribution in [0.4, 0.5) is 0 Å². The lowest BCUT2D eigenvalue weighted by Crippen LogP contribution is -2.33. The molecule has 0 atom stereocenters. The Morgan fingerprint density at radius 3 is 2.53 bits per heavy atom. The Morgan fingerprint density at radius 2 is 1.88 bits per heavy atom. The summed E-state index contributed by atoms with van der Waals surface area (Å²) in [6.07, 6.45) is 3.84. The molecular weight excluding hydrogens is 410 g/mol. The first-order valence-corrected chi connectivity index (χ1v) is 9.88. The third-order valence-corrected chi connectivity index (χ3v) is 4.91. The Balaban J connectivity index is 1.84. The number of benzene rings is 2. The topological polar surface area (TPSA) is 125 Å². The average molecular weight is 431 g/mol. The normalized spacial score (nSPS) is 11.5. The second-order valence-corrected chi connectivity index (χ2v) is 6.91. The lowest BCUT2D eigenvalue weighted by atomic mass is 10.0. The summed E-state index contributed by atoms with van der Waals surface area (Å²) in [5, 5.41) is 11.1. The van der Waals surface area contributed by atoms with Gasteiger partial charge in [0.1, 0.15) is 11.3 Å². The first-order valence-electron chi connectivity index (χ1n) is 9.88. The van der Waals surface area contributed by atoms with Gasteiger partial charge in [-0.15, -0.1) is 0 Å². The number of rotatable bonds is 7. The van der Waals surface area contributed by atoms with Crippen LogP contribution in [0.15, 0.2) is 81.7 Å². The highest BCUT2D eigenvalue weighted by Gasteiger charge is 2.21. The van der Waals surface area contributed by atoms with Gasteiger partial charge in [0.25, 0.3) is 5.56 Å². The van der Waals surface area contributed by atoms with E-state index in [2.05, 4.69) is 19.9 Å². The summed E-state index contributed by atoms with van der Waals surface area (Å²) < 4.78 is 6.18. The summed E-state index contributed by atoms with van der Waals surface area (Å²) in [5.41, 5.74) is 0.617. The fourth-order valence-electron chi connectivity index (χ4n) is 3.33. The van der Waals surface area contributed by atoms with E-state index in [4.69, 9.17) is 4.74 Å². The number of aromatic hydroxyl groups is 1. The molecule has 32 heavy (non-hydrogen) atoms. The molecule has 4 aromatic rings. The zero-order chi connectivity index (χ0) is 22.5. The van der Waals surface area contributed by atoms with Crippen LogP contribution in [-0.2, 0) is 6.42 Å². The predicted octanol–water partition coefficient (Wildman–Crippen LogP) is 2.04.